The molecule has 0 N–H and O–H groups in total. The van der Waals surface area contributed by atoms with Crippen LogP contribution in [0.1, 0.15) is 60.0 Å². The summed E-state index contributed by atoms with van der Waals surface area (Å²) in [5.41, 5.74) is 2.55. The largest absolute Gasteiger partial charge is 0.367 e. The molecule has 5 aromatic carbocycles. The Bertz CT molecular complexity index is 1980. The lowest BCUT2D eigenvalue weighted by molar-refractivity contribution is -0.384. The number of benzene rings is 5. The molecule has 0 spiro atoms. The SMILES string of the molecule is O=[N+]([O-])c1cc([C@H]2CC[C@H](c3ccc(Cl)c([N+](=O)[O-])c3)N2c2cc(F)c(N3CCC(c4ccccc4)(c4ccccc4)CC3)c(F)c2)ccc1Cl. The fourth-order valence-corrected chi connectivity index (χ4v) is 8.33. The van der Waals surface area contributed by atoms with Crippen LogP contribution in [0.25, 0.3) is 0 Å². The maximum atomic E-state index is 16.4. The Morgan fingerprint density at radius 2 is 1.08 bits per heavy atom. The van der Waals surface area contributed by atoms with E-state index in [4.69, 9.17) is 23.2 Å². The van der Waals surface area contributed by atoms with Crippen molar-refractivity contribution in [2.24, 2.45) is 0 Å². The minimum Gasteiger partial charge on any atom is -0.367 e. The first-order valence-corrected chi connectivity index (χ1v) is 17.3. The van der Waals surface area contributed by atoms with Crippen molar-refractivity contribution in [3.8, 4) is 0 Å². The summed E-state index contributed by atoms with van der Waals surface area (Å²) in [6.45, 7) is 0.823. The van der Waals surface area contributed by atoms with Crippen molar-refractivity contribution in [3.05, 3.63) is 173 Å². The molecular weight excluding hydrogens is 697 g/mol. The molecule has 0 aliphatic carbocycles. The summed E-state index contributed by atoms with van der Waals surface area (Å²) in [6.07, 6.45) is 2.17. The molecule has 0 unspecified atom stereocenters. The van der Waals surface area contributed by atoms with E-state index in [1.54, 1.807) is 21.9 Å². The zero-order valence-electron chi connectivity index (χ0n) is 27.2. The van der Waals surface area contributed by atoms with Gasteiger partial charge in [-0.1, -0.05) is 96.0 Å². The van der Waals surface area contributed by atoms with Crippen molar-refractivity contribution in [2.75, 3.05) is 22.9 Å². The molecule has 2 heterocycles. The third-order valence-electron chi connectivity index (χ3n) is 10.4. The molecule has 2 fully saturated rings. The highest BCUT2D eigenvalue weighted by molar-refractivity contribution is 6.33. The van der Waals surface area contributed by atoms with Crippen LogP contribution in [0.5, 0.6) is 0 Å². The van der Waals surface area contributed by atoms with E-state index in [-0.39, 0.29) is 38.2 Å². The topological polar surface area (TPSA) is 92.8 Å². The van der Waals surface area contributed by atoms with Crippen LogP contribution in [0.2, 0.25) is 10.0 Å². The van der Waals surface area contributed by atoms with Crippen LogP contribution in [-0.2, 0) is 5.41 Å². The highest BCUT2D eigenvalue weighted by atomic mass is 35.5. The van der Waals surface area contributed by atoms with Gasteiger partial charge in [-0.25, -0.2) is 8.78 Å². The Hall–Kier alpha value is -5.06. The summed E-state index contributed by atoms with van der Waals surface area (Å²) in [5, 5.41) is 23.5. The van der Waals surface area contributed by atoms with Crippen LogP contribution in [0, 0.1) is 31.9 Å². The number of anilines is 2. The number of nitro groups is 2. The number of piperidine rings is 1. The normalized spacial score (nSPS) is 18.5. The fraction of sp³-hybridized carbons (Fsp3) is 0.231. The first kappa shape index (κ1) is 34.4. The van der Waals surface area contributed by atoms with Gasteiger partial charge in [-0.15, -0.1) is 0 Å². The van der Waals surface area contributed by atoms with Crippen LogP contribution in [0.3, 0.4) is 0 Å². The van der Waals surface area contributed by atoms with Crippen LogP contribution in [-0.4, -0.2) is 22.9 Å². The molecule has 260 valence electrons. The number of hydrogen-bond donors (Lipinski definition) is 0. The number of nitrogens with zero attached hydrogens (tertiary/aromatic N) is 4. The number of rotatable bonds is 8. The van der Waals surface area contributed by atoms with Gasteiger partial charge in [0.25, 0.3) is 11.4 Å². The third kappa shape index (κ3) is 6.38. The standard InChI is InChI=1S/C39H32Cl2F2N4O4/c40-30-13-11-25(21-36(30)46(48)49)34-15-16-35(26-12-14-31(41)37(22-26)47(50)51)45(34)29-23-32(42)38(33(43)24-29)44-19-17-39(18-20-44,27-7-3-1-4-8-27)28-9-5-2-6-10-28/h1-14,21-24,34-35H,15-20H2/t34-,35-/m1/s1. The molecule has 0 bridgehead atoms. The minimum atomic E-state index is -0.745. The van der Waals surface area contributed by atoms with E-state index < -0.39 is 33.6 Å². The molecule has 5 aromatic rings. The zero-order chi connectivity index (χ0) is 35.9. The van der Waals surface area contributed by atoms with Gasteiger partial charge in [0.15, 0.2) is 11.6 Å². The highest BCUT2D eigenvalue weighted by Crippen LogP contribution is 2.50. The second kappa shape index (κ2) is 13.9. The molecule has 0 amide bonds. The van der Waals surface area contributed by atoms with Gasteiger partial charge in [-0.2, -0.15) is 0 Å². The van der Waals surface area contributed by atoms with Crippen LogP contribution >= 0.6 is 23.2 Å². The summed E-state index contributed by atoms with van der Waals surface area (Å²) in [4.78, 5) is 25.9. The highest BCUT2D eigenvalue weighted by Gasteiger charge is 2.41. The zero-order valence-corrected chi connectivity index (χ0v) is 28.7. The molecule has 12 heteroatoms. The van der Waals surface area contributed by atoms with Crippen LogP contribution < -0.4 is 9.80 Å². The van der Waals surface area contributed by atoms with Gasteiger partial charge in [0.05, 0.1) is 21.9 Å². The predicted octanol–water partition coefficient (Wildman–Crippen LogP) is 10.8. The Morgan fingerprint density at radius 1 is 0.647 bits per heavy atom. The molecule has 0 radical (unpaired) electrons. The Kier molecular flexibility index (Phi) is 9.39. The summed E-state index contributed by atoms with van der Waals surface area (Å²) in [5.74, 6) is -1.49. The second-order valence-corrected chi connectivity index (χ2v) is 13.8. The Labute approximate surface area is 303 Å². The smallest absolute Gasteiger partial charge is 0.288 e. The number of hydrogen-bond acceptors (Lipinski definition) is 6. The van der Waals surface area contributed by atoms with E-state index in [0.29, 0.717) is 49.9 Å². The lowest BCUT2D eigenvalue weighted by atomic mass is 9.68. The first-order valence-electron chi connectivity index (χ1n) is 16.6. The van der Waals surface area contributed by atoms with E-state index >= 15 is 8.78 Å². The molecule has 0 aromatic heterocycles. The molecule has 2 saturated heterocycles. The van der Waals surface area contributed by atoms with Crippen molar-refractivity contribution in [3.63, 3.8) is 0 Å². The van der Waals surface area contributed by atoms with E-state index in [9.17, 15) is 20.2 Å². The van der Waals surface area contributed by atoms with E-state index in [1.807, 2.05) is 36.4 Å². The van der Waals surface area contributed by atoms with Crippen LogP contribution in [0.4, 0.5) is 31.5 Å². The molecule has 2 aliphatic rings. The van der Waals surface area contributed by atoms with Gasteiger partial charge in [-0.3, -0.25) is 20.2 Å². The third-order valence-corrected chi connectivity index (χ3v) is 11.0. The van der Waals surface area contributed by atoms with E-state index in [2.05, 4.69) is 24.3 Å². The monoisotopic (exact) mass is 728 g/mol. The second-order valence-electron chi connectivity index (χ2n) is 13.0. The summed E-state index contributed by atoms with van der Waals surface area (Å²) in [6, 6.07) is 30.8. The van der Waals surface area contributed by atoms with Crippen molar-refractivity contribution >= 4 is 46.0 Å². The minimum absolute atomic E-state index is 0.0373. The van der Waals surface area contributed by atoms with Gasteiger partial charge >= 0.3 is 0 Å². The molecular formula is C39H32Cl2F2N4O4. The Balaban J connectivity index is 1.25. The maximum Gasteiger partial charge on any atom is 0.288 e. The van der Waals surface area contributed by atoms with Crippen molar-refractivity contribution < 1.29 is 18.6 Å². The molecule has 7 rings (SSSR count). The summed E-state index contributed by atoms with van der Waals surface area (Å²) >= 11 is 12.2. The van der Waals surface area contributed by atoms with Crippen molar-refractivity contribution in [2.45, 2.75) is 43.2 Å². The van der Waals surface area contributed by atoms with Crippen LogP contribution in [0.15, 0.2) is 109 Å². The van der Waals surface area contributed by atoms with E-state index in [1.165, 1.54) is 36.4 Å². The fourth-order valence-electron chi connectivity index (χ4n) is 7.95. The number of nitro benzene ring substituents is 2. The molecule has 0 saturated carbocycles. The molecule has 8 nitrogen and oxygen atoms in total. The number of halogens is 4. The lowest BCUT2D eigenvalue weighted by Crippen LogP contribution is -2.44. The maximum absolute atomic E-state index is 16.4. The van der Waals surface area contributed by atoms with Gasteiger partial charge in [0.1, 0.15) is 15.7 Å². The van der Waals surface area contributed by atoms with Gasteiger partial charge < -0.3 is 9.80 Å². The lowest BCUT2D eigenvalue weighted by Gasteiger charge is -2.44. The molecule has 2 aliphatic heterocycles. The summed E-state index contributed by atoms with van der Waals surface area (Å²) in [7, 11) is 0. The summed E-state index contributed by atoms with van der Waals surface area (Å²) < 4.78 is 32.7. The quantitative estimate of drug-likeness (QED) is 0.117. The predicted molar refractivity (Wildman–Crippen MR) is 195 cm³/mol. The van der Waals surface area contributed by atoms with Crippen molar-refractivity contribution in [1.29, 1.82) is 0 Å². The molecule has 51 heavy (non-hydrogen) atoms. The molecule has 2 atom stereocenters. The average molecular weight is 730 g/mol. The van der Waals surface area contributed by atoms with Gasteiger partial charge in [0.2, 0.25) is 0 Å². The van der Waals surface area contributed by atoms with Gasteiger partial charge in [-0.05, 0) is 72.2 Å². The Morgan fingerprint density at radius 3 is 1.49 bits per heavy atom. The van der Waals surface area contributed by atoms with E-state index in [0.717, 1.165) is 11.1 Å². The van der Waals surface area contributed by atoms with Gasteiger partial charge in [0, 0.05) is 36.3 Å². The first-order chi connectivity index (χ1) is 24.6. The average Bonchev–Trinajstić information content (AvgIpc) is 3.58. The van der Waals surface area contributed by atoms with Crippen molar-refractivity contribution in [1.82, 2.24) is 0 Å².